The maximum absolute atomic E-state index is 5.59. The highest BCUT2D eigenvalue weighted by Crippen LogP contribution is 2.17. The molecule has 0 saturated carbocycles. The summed E-state index contributed by atoms with van der Waals surface area (Å²) in [5, 5.41) is 9.22. The third kappa shape index (κ3) is 2.72. The second-order valence-corrected chi connectivity index (χ2v) is 4.17. The van der Waals surface area contributed by atoms with Gasteiger partial charge in [-0.2, -0.15) is 0 Å². The van der Waals surface area contributed by atoms with E-state index in [2.05, 4.69) is 28.6 Å². The fraction of sp³-hybridized carbons (Fsp3) is 0.778. The number of hydrogen-bond donors (Lipinski definition) is 1. The monoisotopic (exact) mass is 214 g/mol. The van der Waals surface area contributed by atoms with Gasteiger partial charge in [-0.3, -0.25) is 0 Å². The first-order chi connectivity index (χ1) is 6.83. The van der Waals surface area contributed by atoms with E-state index in [-0.39, 0.29) is 0 Å². The Balaban J connectivity index is 2.75. The molecule has 1 rings (SSSR count). The minimum Gasteiger partial charge on any atom is -0.324 e. The highest BCUT2D eigenvalue weighted by atomic mass is 32.2. The molecular formula is C9H18N4S. The molecular weight excluding hydrogens is 196 g/mol. The van der Waals surface area contributed by atoms with Crippen molar-refractivity contribution in [1.82, 2.24) is 14.8 Å². The van der Waals surface area contributed by atoms with Gasteiger partial charge in [-0.05, 0) is 12.8 Å². The van der Waals surface area contributed by atoms with Gasteiger partial charge in [0.05, 0.1) is 6.54 Å². The van der Waals surface area contributed by atoms with Crippen molar-refractivity contribution in [2.45, 2.75) is 44.9 Å². The van der Waals surface area contributed by atoms with E-state index in [4.69, 9.17) is 5.73 Å². The SMILES string of the molecule is CCCSc1nnc(CN)n1CCC. The van der Waals surface area contributed by atoms with Crippen LogP contribution in [-0.4, -0.2) is 20.5 Å². The third-order valence-electron chi connectivity index (χ3n) is 1.86. The zero-order valence-electron chi connectivity index (χ0n) is 8.86. The van der Waals surface area contributed by atoms with Crippen LogP contribution < -0.4 is 5.73 Å². The Morgan fingerprint density at radius 1 is 1.29 bits per heavy atom. The van der Waals surface area contributed by atoms with E-state index in [1.807, 2.05) is 0 Å². The van der Waals surface area contributed by atoms with Crippen LogP contribution in [-0.2, 0) is 13.1 Å². The summed E-state index contributed by atoms with van der Waals surface area (Å²) in [6.07, 6.45) is 2.24. The summed E-state index contributed by atoms with van der Waals surface area (Å²) in [5.41, 5.74) is 5.59. The summed E-state index contributed by atoms with van der Waals surface area (Å²) in [6.45, 7) is 5.75. The lowest BCUT2D eigenvalue weighted by molar-refractivity contribution is 0.592. The molecule has 0 amide bonds. The molecule has 0 bridgehead atoms. The van der Waals surface area contributed by atoms with Gasteiger partial charge >= 0.3 is 0 Å². The summed E-state index contributed by atoms with van der Waals surface area (Å²) in [5.74, 6) is 1.98. The van der Waals surface area contributed by atoms with Gasteiger partial charge in [-0.25, -0.2) is 0 Å². The number of rotatable bonds is 6. The van der Waals surface area contributed by atoms with E-state index in [1.54, 1.807) is 11.8 Å². The second kappa shape index (κ2) is 6.03. The predicted octanol–water partition coefficient (Wildman–Crippen LogP) is 1.65. The van der Waals surface area contributed by atoms with Crippen molar-refractivity contribution in [3.63, 3.8) is 0 Å². The Kier molecular flexibility index (Phi) is 4.97. The molecule has 0 aliphatic carbocycles. The van der Waals surface area contributed by atoms with E-state index in [1.165, 1.54) is 0 Å². The summed E-state index contributed by atoms with van der Waals surface area (Å²) < 4.78 is 2.13. The standard InChI is InChI=1S/C9H18N4S/c1-3-5-13-8(7-10)11-12-9(13)14-6-4-2/h3-7,10H2,1-2H3. The molecule has 1 aromatic heterocycles. The van der Waals surface area contributed by atoms with E-state index < -0.39 is 0 Å². The van der Waals surface area contributed by atoms with Gasteiger partial charge in [0.1, 0.15) is 5.82 Å². The average Bonchev–Trinajstić information content (AvgIpc) is 2.58. The molecule has 80 valence electrons. The molecule has 0 aliphatic rings. The first kappa shape index (κ1) is 11.5. The minimum atomic E-state index is 0.472. The normalized spacial score (nSPS) is 10.8. The lowest BCUT2D eigenvalue weighted by Gasteiger charge is -2.06. The maximum Gasteiger partial charge on any atom is 0.191 e. The Hall–Kier alpha value is -0.550. The summed E-state index contributed by atoms with van der Waals surface area (Å²) in [4.78, 5) is 0. The van der Waals surface area contributed by atoms with Crippen LogP contribution in [0.4, 0.5) is 0 Å². The van der Waals surface area contributed by atoms with E-state index in [9.17, 15) is 0 Å². The van der Waals surface area contributed by atoms with Crippen molar-refractivity contribution in [2.75, 3.05) is 5.75 Å². The van der Waals surface area contributed by atoms with Crippen LogP contribution in [0.3, 0.4) is 0 Å². The van der Waals surface area contributed by atoms with Crippen LogP contribution in [0.1, 0.15) is 32.5 Å². The van der Waals surface area contributed by atoms with Crippen molar-refractivity contribution < 1.29 is 0 Å². The van der Waals surface area contributed by atoms with Gasteiger partial charge in [0.2, 0.25) is 0 Å². The fourth-order valence-corrected chi connectivity index (χ4v) is 2.06. The van der Waals surface area contributed by atoms with Crippen molar-refractivity contribution in [2.24, 2.45) is 5.73 Å². The number of nitrogens with zero attached hydrogens (tertiary/aromatic N) is 3. The highest BCUT2D eigenvalue weighted by molar-refractivity contribution is 7.99. The number of aromatic nitrogens is 3. The van der Waals surface area contributed by atoms with Crippen molar-refractivity contribution >= 4 is 11.8 Å². The van der Waals surface area contributed by atoms with Gasteiger partial charge in [-0.15, -0.1) is 10.2 Å². The van der Waals surface area contributed by atoms with Crippen molar-refractivity contribution in [3.05, 3.63) is 5.82 Å². The summed E-state index contributed by atoms with van der Waals surface area (Å²) in [6, 6.07) is 0. The molecule has 0 aliphatic heterocycles. The molecule has 0 atom stereocenters. The molecule has 5 heteroatoms. The van der Waals surface area contributed by atoms with E-state index >= 15 is 0 Å². The van der Waals surface area contributed by atoms with Crippen LogP contribution in [0.5, 0.6) is 0 Å². The molecule has 0 aromatic carbocycles. The van der Waals surface area contributed by atoms with Gasteiger partial charge in [0.25, 0.3) is 0 Å². The Labute approximate surface area is 89.3 Å². The van der Waals surface area contributed by atoms with Crippen LogP contribution in [0.25, 0.3) is 0 Å². The zero-order chi connectivity index (χ0) is 10.4. The second-order valence-electron chi connectivity index (χ2n) is 3.10. The largest absolute Gasteiger partial charge is 0.324 e. The Morgan fingerprint density at radius 2 is 2.07 bits per heavy atom. The molecule has 0 unspecified atom stereocenters. The summed E-state index contributed by atoms with van der Waals surface area (Å²) in [7, 11) is 0. The van der Waals surface area contributed by atoms with Crippen LogP contribution in [0.2, 0.25) is 0 Å². The smallest absolute Gasteiger partial charge is 0.191 e. The molecule has 1 aromatic rings. The van der Waals surface area contributed by atoms with Crippen molar-refractivity contribution in [1.29, 1.82) is 0 Å². The van der Waals surface area contributed by atoms with Crippen LogP contribution >= 0.6 is 11.8 Å². The lowest BCUT2D eigenvalue weighted by atomic mass is 10.4. The quantitative estimate of drug-likeness (QED) is 0.732. The molecule has 0 spiro atoms. The molecule has 1 heterocycles. The predicted molar refractivity (Wildman–Crippen MR) is 59.2 cm³/mol. The lowest BCUT2D eigenvalue weighted by Crippen LogP contribution is -2.09. The van der Waals surface area contributed by atoms with Gasteiger partial charge in [-0.1, -0.05) is 25.6 Å². The maximum atomic E-state index is 5.59. The topological polar surface area (TPSA) is 56.7 Å². The average molecular weight is 214 g/mol. The first-order valence-corrected chi connectivity index (χ1v) is 6.07. The fourth-order valence-electron chi connectivity index (χ4n) is 1.22. The van der Waals surface area contributed by atoms with Crippen molar-refractivity contribution in [3.8, 4) is 0 Å². The molecule has 0 radical (unpaired) electrons. The minimum absolute atomic E-state index is 0.472. The van der Waals surface area contributed by atoms with Crippen LogP contribution in [0.15, 0.2) is 5.16 Å². The highest BCUT2D eigenvalue weighted by Gasteiger charge is 2.09. The zero-order valence-corrected chi connectivity index (χ0v) is 9.68. The number of thioether (sulfide) groups is 1. The Bertz CT molecular complexity index is 272. The summed E-state index contributed by atoms with van der Waals surface area (Å²) >= 11 is 1.76. The first-order valence-electron chi connectivity index (χ1n) is 5.08. The molecule has 0 fully saturated rings. The molecule has 0 saturated heterocycles. The van der Waals surface area contributed by atoms with E-state index in [0.717, 1.165) is 36.1 Å². The van der Waals surface area contributed by atoms with Gasteiger partial charge in [0, 0.05) is 12.3 Å². The van der Waals surface area contributed by atoms with E-state index in [0.29, 0.717) is 6.54 Å². The van der Waals surface area contributed by atoms with Crippen LogP contribution in [0, 0.1) is 0 Å². The number of nitrogens with two attached hydrogens (primary N) is 1. The van der Waals surface area contributed by atoms with Gasteiger partial charge < -0.3 is 10.3 Å². The third-order valence-corrected chi connectivity index (χ3v) is 3.03. The molecule has 14 heavy (non-hydrogen) atoms. The molecule has 2 N–H and O–H groups in total. The Morgan fingerprint density at radius 3 is 2.64 bits per heavy atom. The molecule has 4 nitrogen and oxygen atoms in total. The van der Waals surface area contributed by atoms with Gasteiger partial charge in [0.15, 0.2) is 5.16 Å². The number of hydrogen-bond acceptors (Lipinski definition) is 4.